The van der Waals surface area contributed by atoms with Crippen LogP contribution < -0.4 is 4.74 Å². The van der Waals surface area contributed by atoms with Gasteiger partial charge >= 0.3 is 5.97 Å². The Morgan fingerprint density at radius 2 is 1.95 bits per heavy atom. The summed E-state index contributed by atoms with van der Waals surface area (Å²) in [6.45, 7) is 5.56. The van der Waals surface area contributed by atoms with Crippen LogP contribution in [0.25, 0.3) is 0 Å². The quantitative estimate of drug-likeness (QED) is 0.633. The molecule has 0 aromatic heterocycles. The number of ether oxygens (including phenoxy) is 1. The molecular weight excluding hydrogens is 274 g/mol. The molecule has 1 saturated carbocycles. The smallest absolute Gasteiger partial charge is 0.317 e. The van der Waals surface area contributed by atoms with E-state index in [1.807, 2.05) is 31.2 Å². The number of aryl methyl sites for hydroxylation is 1. The summed E-state index contributed by atoms with van der Waals surface area (Å²) >= 11 is 0. The average molecular weight is 299 g/mol. The highest BCUT2D eigenvalue weighted by molar-refractivity contribution is 5.81. The van der Waals surface area contributed by atoms with Crippen molar-refractivity contribution < 1.29 is 9.53 Å². The van der Waals surface area contributed by atoms with Crippen LogP contribution in [0, 0.1) is 24.2 Å². The summed E-state index contributed by atoms with van der Waals surface area (Å²) < 4.78 is 5.86. The van der Waals surface area contributed by atoms with Crippen LogP contribution in [0.4, 0.5) is 0 Å². The van der Waals surface area contributed by atoms with Gasteiger partial charge in [0.2, 0.25) is 0 Å². The van der Waals surface area contributed by atoms with Crippen molar-refractivity contribution in [3.05, 3.63) is 29.8 Å². The van der Waals surface area contributed by atoms with E-state index in [2.05, 4.69) is 4.90 Å². The fraction of sp³-hybridized carbons (Fsp3) is 0.632. The molecule has 3 aliphatic heterocycles. The van der Waals surface area contributed by atoms with Gasteiger partial charge in [0.05, 0.1) is 5.41 Å². The average Bonchev–Trinajstić information content (AvgIpc) is 2.50. The zero-order valence-electron chi connectivity index (χ0n) is 13.4. The largest absolute Gasteiger partial charge is 0.426 e. The van der Waals surface area contributed by atoms with Gasteiger partial charge in [-0.25, -0.2) is 0 Å². The number of benzene rings is 1. The number of nitrogens with zero attached hydrogens (tertiary/aromatic N) is 1. The molecule has 4 aliphatic rings. The van der Waals surface area contributed by atoms with Crippen molar-refractivity contribution in [3.8, 4) is 5.75 Å². The van der Waals surface area contributed by atoms with E-state index in [0.717, 1.165) is 36.6 Å². The maximum atomic E-state index is 13.0. The fourth-order valence-corrected chi connectivity index (χ4v) is 4.75. The molecule has 1 unspecified atom stereocenters. The van der Waals surface area contributed by atoms with Gasteiger partial charge in [0.1, 0.15) is 5.75 Å². The second-order valence-corrected chi connectivity index (χ2v) is 7.41. The fourth-order valence-electron chi connectivity index (χ4n) is 4.75. The first-order chi connectivity index (χ1) is 10.7. The molecule has 3 nitrogen and oxygen atoms in total. The second kappa shape index (κ2) is 5.38. The molecule has 1 aliphatic carbocycles. The highest BCUT2D eigenvalue weighted by Gasteiger charge is 2.56. The lowest BCUT2D eigenvalue weighted by atomic mass is 9.55. The molecule has 0 N–H and O–H groups in total. The minimum atomic E-state index is -0.202. The predicted octanol–water partition coefficient (Wildman–Crippen LogP) is 3.41. The first kappa shape index (κ1) is 14.3. The summed E-state index contributed by atoms with van der Waals surface area (Å²) in [6.07, 6.45) is 5.75. The molecule has 0 amide bonds. The minimum absolute atomic E-state index is 0.0341. The Kier molecular flexibility index (Phi) is 3.48. The van der Waals surface area contributed by atoms with Crippen molar-refractivity contribution in [2.24, 2.45) is 17.3 Å². The molecule has 1 aromatic carbocycles. The molecule has 1 aromatic rings. The van der Waals surface area contributed by atoms with Gasteiger partial charge in [0.15, 0.2) is 0 Å². The summed E-state index contributed by atoms with van der Waals surface area (Å²) in [6, 6.07) is 7.84. The summed E-state index contributed by atoms with van der Waals surface area (Å²) in [5.41, 5.74) is 0.839. The van der Waals surface area contributed by atoms with Crippen LogP contribution in [0.2, 0.25) is 0 Å². The third-order valence-electron chi connectivity index (χ3n) is 6.31. The van der Waals surface area contributed by atoms with Crippen LogP contribution in [0.15, 0.2) is 24.3 Å². The lowest BCUT2D eigenvalue weighted by molar-refractivity contribution is -0.165. The van der Waals surface area contributed by atoms with E-state index in [0.29, 0.717) is 5.92 Å². The van der Waals surface area contributed by atoms with Crippen LogP contribution in [-0.4, -0.2) is 30.5 Å². The third-order valence-corrected chi connectivity index (χ3v) is 6.31. The van der Waals surface area contributed by atoms with E-state index in [-0.39, 0.29) is 11.4 Å². The number of para-hydroxylation sites is 1. The van der Waals surface area contributed by atoms with Gasteiger partial charge in [0, 0.05) is 6.54 Å². The minimum Gasteiger partial charge on any atom is -0.426 e. The molecule has 1 atom stereocenters. The maximum absolute atomic E-state index is 13.0. The van der Waals surface area contributed by atoms with Crippen molar-refractivity contribution in [1.29, 1.82) is 0 Å². The molecule has 118 valence electrons. The van der Waals surface area contributed by atoms with Crippen LogP contribution in [0.3, 0.4) is 0 Å². The number of rotatable bonds is 3. The summed E-state index contributed by atoms with van der Waals surface area (Å²) in [5, 5.41) is 0. The Hall–Kier alpha value is -1.35. The number of esters is 1. The van der Waals surface area contributed by atoms with Crippen LogP contribution in [0.5, 0.6) is 5.75 Å². The molecule has 3 saturated heterocycles. The lowest BCUT2D eigenvalue weighted by Gasteiger charge is -2.55. The molecule has 22 heavy (non-hydrogen) atoms. The van der Waals surface area contributed by atoms with E-state index in [9.17, 15) is 4.79 Å². The van der Waals surface area contributed by atoms with Gasteiger partial charge in [-0.2, -0.15) is 0 Å². The van der Waals surface area contributed by atoms with Crippen LogP contribution in [0.1, 0.15) is 37.7 Å². The molecule has 3 heteroatoms. The Labute approximate surface area is 132 Å². The molecule has 5 rings (SSSR count). The maximum Gasteiger partial charge on any atom is 0.317 e. The SMILES string of the molecule is Cc1ccccc1OC(=O)C1(C2CN3CCC2CC3)CCC1. The van der Waals surface area contributed by atoms with Gasteiger partial charge in [-0.1, -0.05) is 24.6 Å². The highest BCUT2D eigenvalue weighted by atomic mass is 16.5. The summed E-state index contributed by atoms with van der Waals surface area (Å²) in [7, 11) is 0. The topological polar surface area (TPSA) is 29.5 Å². The second-order valence-electron chi connectivity index (χ2n) is 7.41. The molecule has 0 spiro atoms. The van der Waals surface area contributed by atoms with Crippen molar-refractivity contribution >= 4 is 5.97 Å². The lowest BCUT2D eigenvalue weighted by Crippen LogP contribution is -2.58. The van der Waals surface area contributed by atoms with Gasteiger partial charge < -0.3 is 9.64 Å². The number of carbonyl (C=O) groups excluding carboxylic acids is 1. The highest BCUT2D eigenvalue weighted by Crippen LogP contribution is 2.54. The number of carbonyl (C=O) groups is 1. The standard InChI is InChI=1S/C19H25NO2/c1-14-5-2-3-6-17(14)22-18(21)19(9-4-10-19)16-13-20-11-7-15(16)8-12-20/h2-3,5-6,15-16H,4,7-13H2,1H3. The van der Waals surface area contributed by atoms with Crippen LogP contribution in [-0.2, 0) is 4.79 Å². The number of piperidine rings is 3. The first-order valence-electron chi connectivity index (χ1n) is 8.69. The van der Waals surface area contributed by atoms with Crippen molar-refractivity contribution in [2.75, 3.05) is 19.6 Å². The van der Waals surface area contributed by atoms with Gasteiger partial charge in [0.25, 0.3) is 0 Å². The van der Waals surface area contributed by atoms with E-state index in [1.165, 1.54) is 32.4 Å². The number of fused-ring (bicyclic) bond motifs is 3. The van der Waals surface area contributed by atoms with E-state index < -0.39 is 0 Å². The molecule has 0 radical (unpaired) electrons. The molecule has 3 heterocycles. The first-order valence-corrected chi connectivity index (χ1v) is 8.69. The normalized spacial score (nSPS) is 32.3. The van der Waals surface area contributed by atoms with E-state index in [4.69, 9.17) is 4.74 Å². The van der Waals surface area contributed by atoms with Gasteiger partial charge in [-0.15, -0.1) is 0 Å². The summed E-state index contributed by atoms with van der Waals surface area (Å²) in [5.74, 6) is 2.02. The molecule has 4 fully saturated rings. The Morgan fingerprint density at radius 1 is 1.23 bits per heavy atom. The van der Waals surface area contributed by atoms with E-state index in [1.54, 1.807) is 0 Å². The Bertz CT molecular complexity index is 571. The molecular formula is C19H25NO2. The summed E-state index contributed by atoms with van der Waals surface area (Å²) in [4.78, 5) is 15.6. The third kappa shape index (κ3) is 2.18. The molecule has 2 bridgehead atoms. The van der Waals surface area contributed by atoms with Crippen LogP contribution >= 0.6 is 0 Å². The van der Waals surface area contributed by atoms with Crippen molar-refractivity contribution in [2.45, 2.75) is 39.0 Å². The monoisotopic (exact) mass is 299 g/mol. The van der Waals surface area contributed by atoms with Crippen molar-refractivity contribution in [3.63, 3.8) is 0 Å². The van der Waals surface area contributed by atoms with Crippen molar-refractivity contribution in [1.82, 2.24) is 4.90 Å². The Morgan fingerprint density at radius 3 is 2.50 bits per heavy atom. The zero-order valence-corrected chi connectivity index (χ0v) is 13.4. The number of hydrogen-bond donors (Lipinski definition) is 0. The number of hydrogen-bond acceptors (Lipinski definition) is 3. The van der Waals surface area contributed by atoms with E-state index >= 15 is 0 Å². The Balaban J connectivity index is 1.56. The zero-order chi connectivity index (χ0) is 15.2. The van der Waals surface area contributed by atoms with Gasteiger partial charge in [-0.3, -0.25) is 4.79 Å². The predicted molar refractivity (Wildman–Crippen MR) is 85.8 cm³/mol. The van der Waals surface area contributed by atoms with Gasteiger partial charge in [-0.05, 0) is 69.2 Å².